The summed E-state index contributed by atoms with van der Waals surface area (Å²) in [5.74, 6) is -0.950. The van der Waals surface area contributed by atoms with Gasteiger partial charge >= 0.3 is 5.97 Å². The van der Waals surface area contributed by atoms with Gasteiger partial charge in [0.2, 0.25) is 0 Å². The highest BCUT2D eigenvalue weighted by Gasteiger charge is 2.21. The van der Waals surface area contributed by atoms with Crippen LogP contribution in [-0.2, 0) is 9.53 Å². The third kappa shape index (κ3) is 2.24. The van der Waals surface area contributed by atoms with Crippen molar-refractivity contribution in [1.82, 2.24) is 9.97 Å². The van der Waals surface area contributed by atoms with Gasteiger partial charge in [0, 0.05) is 6.54 Å². The number of fused-ring (bicyclic) bond motifs is 1. The lowest BCUT2D eigenvalue weighted by Crippen LogP contribution is -2.23. The van der Waals surface area contributed by atoms with E-state index in [0.29, 0.717) is 5.69 Å². The van der Waals surface area contributed by atoms with Gasteiger partial charge < -0.3 is 10.5 Å². The van der Waals surface area contributed by atoms with Gasteiger partial charge in [-0.1, -0.05) is 12.1 Å². The number of aromatic nitrogens is 2. The number of methoxy groups -OCH3 is 1. The molecule has 88 valence electrons. The lowest BCUT2D eigenvalue weighted by atomic mass is 10.1. The van der Waals surface area contributed by atoms with E-state index in [1.807, 2.05) is 24.3 Å². The number of nitrogens with zero attached hydrogens (tertiary/aromatic N) is 2. The zero-order valence-corrected chi connectivity index (χ0v) is 9.46. The van der Waals surface area contributed by atoms with E-state index in [0.717, 1.165) is 11.0 Å². The van der Waals surface area contributed by atoms with Crippen LogP contribution in [0.4, 0.5) is 0 Å². The molecule has 2 rings (SSSR count). The predicted molar refractivity (Wildman–Crippen MR) is 63.3 cm³/mol. The molecule has 0 amide bonds. The van der Waals surface area contributed by atoms with Crippen molar-refractivity contribution in [2.24, 2.45) is 5.73 Å². The minimum atomic E-state index is -0.558. The molecule has 0 bridgehead atoms. The van der Waals surface area contributed by atoms with E-state index in [9.17, 15) is 4.79 Å². The maximum Gasteiger partial charge on any atom is 0.316 e. The molecule has 5 heteroatoms. The molecule has 1 aromatic carbocycles. The molecular formula is C12H13N3O2. The van der Waals surface area contributed by atoms with Crippen LogP contribution in [0.2, 0.25) is 0 Å². The van der Waals surface area contributed by atoms with Crippen molar-refractivity contribution in [1.29, 1.82) is 0 Å². The van der Waals surface area contributed by atoms with Crippen molar-refractivity contribution in [3.8, 4) is 0 Å². The Morgan fingerprint density at radius 3 is 2.76 bits per heavy atom. The third-order valence-corrected chi connectivity index (χ3v) is 2.55. The van der Waals surface area contributed by atoms with E-state index in [4.69, 9.17) is 5.73 Å². The van der Waals surface area contributed by atoms with Crippen LogP contribution in [0.25, 0.3) is 11.0 Å². The number of nitrogens with two attached hydrogens (primary N) is 1. The number of hydrogen-bond donors (Lipinski definition) is 1. The fourth-order valence-electron chi connectivity index (χ4n) is 1.62. The topological polar surface area (TPSA) is 78.1 Å². The first-order chi connectivity index (χ1) is 8.26. The standard InChI is InChI=1S/C12H13N3O2/c1-17-12(16)8(6-13)11-7-14-9-4-2-3-5-10(9)15-11/h2-5,7-8H,6,13H2,1H3. The summed E-state index contributed by atoms with van der Waals surface area (Å²) in [5, 5.41) is 0. The smallest absolute Gasteiger partial charge is 0.316 e. The van der Waals surface area contributed by atoms with Crippen molar-refractivity contribution in [3.63, 3.8) is 0 Å². The van der Waals surface area contributed by atoms with E-state index < -0.39 is 11.9 Å². The summed E-state index contributed by atoms with van der Waals surface area (Å²) in [6.07, 6.45) is 1.57. The van der Waals surface area contributed by atoms with E-state index in [1.54, 1.807) is 6.20 Å². The summed E-state index contributed by atoms with van der Waals surface area (Å²) >= 11 is 0. The van der Waals surface area contributed by atoms with Crippen LogP contribution >= 0.6 is 0 Å². The van der Waals surface area contributed by atoms with Gasteiger partial charge in [0.05, 0.1) is 30.0 Å². The second-order valence-electron chi connectivity index (χ2n) is 3.60. The molecule has 0 aliphatic carbocycles. The van der Waals surface area contributed by atoms with Crippen molar-refractivity contribution in [3.05, 3.63) is 36.2 Å². The van der Waals surface area contributed by atoms with Crippen molar-refractivity contribution in [2.45, 2.75) is 5.92 Å². The van der Waals surface area contributed by atoms with Crippen LogP contribution in [0.5, 0.6) is 0 Å². The summed E-state index contributed by atoms with van der Waals surface area (Å²) in [4.78, 5) is 20.1. The number of hydrogen-bond acceptors (Lipinski definition) is 5. The fourth-order valence-corrected chi connectivity index (χ4v) is 1.62. The van der Waals surface area contributed by atoms with Gasteiger partial charge in [0.25, 0.3) is 0 Å². The van der Waals surface area contributed by atoms with Crippen LogP contribution in [0.15, 0.2) is 30.5 Å². The van der Waals surface area contributed by atoms with Crippen LogP contribution in [0.1, 0.15) is 11.6 Å². The molecule has 1 atom stereocenters. The number of carbonyl (C=O) groups excluding carboxylic acids is 1. The van der Waals surface area contributed by atoms with Crippen LogP contribution in [-0.4, -0.2) is 29.6 Å². The third-order valence-electron chi connectivity index (χ3n) is 2.55. The van der Waals surface area contributed by atoms with E-state index in [2.05, 4.69) is 14.7 Å². The number of carbonyl (C=O) groups is 1. The van der Waals surface area contributed by atoms with E-state index in [1.165, 1.54) is 7.11 Å². The van der Waals surface area contributed by atoms with Gasteiger partial charge in [-0.3, -0.25) is 9.78 Å². The molecule has 0 fully saturated rings. The van der Waals surface area contributed by atoms with Gasteiger partial charge in [0.1, 0.15) is 5.92 Å². The Labute approximate surface area is 98.6 Å². The molecule has 0 saturated carbocycles. The molecule has 17 heavy (non-hydrogen) atoms. The molecule has 1 unspecified atom stereocenters. The molecule has 0 aliphatic heterocycles. The lowest BCUT2D eigenvalue weighted by Gasteiger charge is -2.11. The first kappa shape index (κ1) is 11.5. The SMILES string of the molecule is COC(=O)C(CN)c1cnc2ccccc2n1. The quantitative estimate of drug-likeness (QED) is 0.792. The minimum Gasteiger partial charge on any atom is -0.468 e. The van der Waals surface area contributed by atoms with E-state index >= 15 is 0 Å². The average Bonchev–Trinajstić information content (AvgIpc) is 2.39. The van der Waals surface area contributed by atoms with Gasteiger partial charge in [-0.2, -0.15) is 0 Å². The summed E-state index contributed by atoms with van der Waals surface area (Å²) in [5.41, 5.74) is 7.63. The number of esters is 1. The number of para-hydroxylation sites is 2. The highest BCUT2D eigenvalue weighted by atomic mass is 16.5. The summed E-state index contributed by atoms with van der Waals surface area (Å²) in [6.45, 7) is 0.152. The Morgan fingerprint density at radius 2 is 2.12 bits per heavy atom. The highest BCUT2D eigenvalue weighted by molar-refractivity contribution is 5.79. The van der Waals surface area contributed by atoms with Crippen molar-refractivity contribution < 1.29 is 9.53 Å². The normalized spacial score (nSPS) is 12.4. The molecule has 2 aromatic rings. The fraction of sp³-hybridized carbons (Fsp3) is 0.250. The Morgan fingerprint density at radius 1 is 1.41 bits per heavy atom. The maximum atomic E-state index is 11.5. The van der Waals surface area contributed by atoms with Crippen molar-refractivity contribution in [2.75, 3.05) is 13.7 Å². The predicted octanol–water partition coefficient (Wildman–Crippen LogP) is 0.845. The highest BCUT2D eigenvalue weighted by Crippen LogP contribution is 2.16. The van der Waals surface area contributed by atoms with Crippen LogP contribution < -0.4 is 5.73 Å². The summed E-state index contributed by atoms with van der Waals surface area (Å²) in [7, 11) is 1.33. The Kier molecular flexibility index (Phi) is 3.30. The maximum absolute atomic E-state index is 11.5. The Bertz CT molecular complexity index is 542. The van der Waals surface area contributed by atoms with Crippen molar-refractivity contribution >= 4 is 17.0 Å². The molecule has 5 nitrogen and oxygen atoms in total. The molecule has 0 radical (unpaired) electrons. The number of ether oxygens (including phenoxy) is 1. The Balaban J connectivity index is 2.44. The zero-order valence-electron chi connectivity index (χ0n) is 9.46. The largest absolute Gasteiger partial charge is 0.468 e. The van der Waals surface area contributed by atoms with Gasteiger partial charge in [-0.15, -0.1) is 0 Å². The summed E-state index contributed by atoms with van der Waals surface area (Å²) in [6, 6.07) is 7.46. The lowest BCUT2D eigenvalue weighted by molar-refractivity contribution is -0.142. The second kappa shape index (κ2) is 4.88. The monoisotopic (exact) mass is 231 g/mol. The summed E-state index contributed by atoms with van der Waals surface area (Å²) < 4.78 is 4.68. The molecule has 2 N–H and O–H groups in total. The van der Waals surface area contributed by atoms with Gasteiger partial charge in [-0.25, -0.2) is 4.98 Å². The number of rotatable bonds is 3. The second-order valence-corrected chi connectivity index (χ2v) is 3.60. The van der Waals surface area contributed by atoms with Crippen LogP contribution in [0.3, 0.4) is 0 Å². The molecule has 0 spiro atoms. The molecule has 1 heterocycles. The first-order valence-electron chi connectivity index (χ1n) is 5.26. The zero-order chi connectivity index (χ0) is 12.3. The molecule has 1 aromatic heterocycles. The Hall–Kier alpha value is -2.01. The minimum absolute atomic E-state index is 0.152. The molecule has 0 saturated heterocycles. The van der Waals surface area contributed by atoms with Crippen LogP contribution in [0, 0.1) is 0 Å². The first-order valence-corrected chi connectivity index (χ1v) is 5.26. The van der Waals surface area contributed by atoms with E-state index in [-0.39, 0.29) is 6.54 Å². The number of benzene rings is 1. The molecular weight excluding hydrogens is 218 g/mol. The molecule has 0 aliphatic rings. The van der Waals surface area contributed by atoms with Gasteiger partial charge in [0.15, 0.2) is 0 Å². The van der Waals surface area contributed by atoms with Gasteiger partial charge in [-0.05, 0) is 12.1 Å². The average molecular weight is 231 g/mol.